The van der Waals surface area contributed by atoms with Gasteiger partial charge in [-0.2, -0.15) is 0 Å². The maximum atomic E-state index is 12.5. The minimum atomic E-state index is -0.221. The van der Waals surface area contributed by atoms with E-state index in [4.69, 9.17) is 11.6 Å². The fourth-order valence-electron chi connectivity index (χ4n) is 4.50. The summed E-state index contributed by atoms with van der Waals surface area (Å²) < 4.78 is 1.13. The zero-order valence-corrected chi connectivity index (χ0v) is 22.5. The molecule has 0 unspecified atom stereocenters. The molecule has 3 aromatic rings. The lowest BCUT2D eigenvalue weighted by Crippen LogP contribution is -2.34. The number of hydrogen-bond acceptors (Lipinski definition) is 3. The molecule has 5 nitrogen and oxygen atoms in total. The number of benzene rings is 3. The van der Waals surface area contributed by atoms with Gasteiger partial charge in [0.1, 0.15) is 0 Å². The molecular weight excluding hydrogens is 538 g/mol. The van der Waals surface area contributed by atoms with Crippen LogP contribution in [-0.4, -0.2) is 42.9 Å². The van der Waals surface area contributed by atoms with Crippen LogP contribution in [-0.2, 0) is 0 Å². The van der Waals surface area contributed by atoms with Gasteiger partial charge in [0.05, 0.1) is 0 Å². The van der Waals surface area contributed by atoms with Crippen molar-refractivity contribution in [2.75, 3.05) is 31.5 Å². The van der Waals surface area contributed by atoms with E-state index in [2.05, 4.69) is 55.7 Å². The van der Waals surface area contributed by atoms with E-state index < -0.39 is 0 Å². The minimum absolute atomic E-state index is 0.0964. The second-order valence-electron chi connectivity index (χ2n) is 9.17. The number of likely N-dealkylation sites (tertiary alicyclic amines) is 1. The van der Waals surface area contributed by atoms with Gasteiger partial charge in [0.15, 0.2) is 0 Å². The summed E-state index contributed by atoms with van der Waals surface area (Å²) in [5.41, 5.74) is 3.18. The summed E-state index contributed by atoms with van der Waals surface area (Å²) in [6, 6.07) is 22.4. The maximum Gasteiger partial charge on any atom is 0.255 e. The molecule has 0 spiro atoms. The van der Waals surface area contributed by atoms with Crippen LogP contribution in [0.25, 0.3) is 0 Å². The summed E-state index contributed by atoms with van der Waals surface area (Å²) in [4.78, 5) is 27.3. The van der Waals surface area contributed by atoms with E-state index in [-0.39, 0.29) is 11.8 Å². The van der Waals surface area contributed by atoms with Crippen LogP contribution in [0.5, 0.6) is 0 Å². The molecule has 1 aliphatic rings. The molecule has 36 heavy (non-hydrogen) atoms. The van der Waals surface area contributed by atoms with Crippen LogP contribution in [0.3, 0.4) is 0 Å². The first kappa shape index (κ1) is 26.4. The average Bonchev–Trinajstić information content (AvgIpc) is 2.90. The van der Waals surface area contributed by atoms with Crippen LogP contribution in [0.1, 0.15) is 57.9 Å². The third kappa shape index (κ3) is 7.66. The first-order valence-electron chi connectivity index (χ1n) is 12.4. The molecule has 1 heterocycles. The molecular formula is C29H31BrClN3O2. The van der Waals surface area contributed by atoms with E-state index in [0.29, 0.717) is 34.3 Å². The molecule has 1 fully saturated rings. The Hall–Kier alpha value is -2.67. The molecule has 1 saturated heterocycles. The number of halogens is 2. The highest BCUT2D eigenvalue weighted by Gasteiger charge is 2.20. The predicted octanol–water partition coefficient (Wildman–Crippen LogP) is 6.74. The van der Waals surface area contributed by atoms with Gasteiger partial charge in [-0.25, -0.2) is 0 Å². The molecule has 0 atom stereocenters. The number of nitrogens with one attached hydrogen (secondary N) is 2. The number of anilines is 1. The number of rotatable bonds is 9. The molecule has 2 N–H and O–H groups in total. The summed E-state index contributed by atoms with van der Waals surface area (Å²) in [5.74, 6) is 0.341. The Morgan fingerprint density at radius 2 is 1.44 bits per heavy atom. The van der Waals surface area contributed by atoms with Crippen molar-refractivity contribution >= 4 is 45.0 Å². The summed E-state index contributed by atoms with van der Waals surface area (Å²) in [6.07, 6.45) is 4.43. The van der Waals surface area contributed by atoms with Crippen molar-refractivity contribution in [3.63, 3.8) is 0 Å². The normalized spacial score (nSPS) is 14.4. The van der Waals surface area contributed by atoms with Gasteiger partial charge in [0, 0.05) is 32.9 Å². The highest BCUT2D eigenvalue weighted by Crippen LogP contribution is 2.29. The number of piperidine rings is 1. The highest BCUT2D eigenvalue weighted by molar-refractivity contribution is 9.10. The number of hydrogen-bond donors (Lipinski definition) is 2. The standard InChI is InChI=1S/C29H31BrClN3O2/c30-25-9-3-21(4-10-25)22-15-19-34(20-16-22)18-2-1-17-32-28(35)23-7-13-27(14-8-23)33-29(36)24-5-11-26(31)12-6-24/h3-14,22H,1-2,15-20H2,(H,32,35)(H,33,36). The Morgan fingerprint density at radius 3 is 2.11 bits per heavy atom. The third-order valence-electron chi connectivity index (χ3n) is 6.63. The van der Waals surface area contributed by atoms with Gasteiger partial charge in [-0.05, 0) is 117 Å². The van der Waals surface area contributed by atoms with Gasteiger partial charge >= 0.3 is 0 Å². The van der Waals surface area contributed by atoms with Gasteiger partial charge in [-0.3, -0.25) is 9.59 Å². The van der Waals surface area contributed by atoms with E-state index in [9.17, 15) is 9.59 Å². The Labute approximate surface area is 226 Å². The number of carbonyl (C=O) groups excluding carboxylic acids is 2. The van der Waals surface area contributed by atoms with Gasteiger partial charge < -0.3 is 15.5 Å². The minimum Gasteiger partial charge on any atom is -0.352 e. The topological polar surface area (TPSA) is 61.4 Å². The Morgan fingerprint density at radius 1 is 0.833 bits per heavy atom. The van der Waals surface area contributed by atoms with Gasteiger partial charge in [0.2, 0.25) is 0 Å². The van der Waals surface area contributed by atoms with Crippen LogP contribution in [0.15, 0.2) is 77.3 Å². The summed E-state index contributed by atoms with van der Waals surface area (Å²) in [7, 11) is 0. The average molecular weight is 569 g/mol. The van der Waals surface area contributed by atoms with Crippen LogP contribution >= 0.6 is 27.5 Å². The largest absolute Gasteiger partial charge is 0.352 e. The van der Waals surface area contributed by atoms with E-state index in [1.165, 1.54) is 18.4 Å². The SMILES string of the molecule is O=C(NCCCCN1CCC(c2ccc(Br)cc2)CC1)c1ccc(NC(=O)c2ccc(Cl)cc2)cc1. The zero-order valence-electron chi connectivity index (χ0n) is 20.2. The van der Waals surface area contributed by atoms with Crippen molar-refractivity contribution in [1.82, 2.24) is 10.2 Å². The smallest absolute Gasteiger partial charge is 0.255 e. The second-order valence-corrected chi connectivity index (χ2v) is 10.5. The molecule has 0 bridgehead atoms. The molecule has 4 rings (SSSR count). The number of amides is 2. The number of nitrogens with zero attached hydrogens (tertiary/aromatic N) is 1. The fraction of sp³-hybridized carbons (Fsp3) is 0.310. The Balaban J connectivity index is 1.12. The number of carbonyl (C=O) groups is 2. The van der Waals surface area contributed by atoms with Crippen molar-refractivity contribution in [3.8, 4) is 0 Å². The second kappa shape index (κ2) is 13.0. The first-order chi connectivity index (χ1) is 17.5. The molecule has 188 valence electrons. The summed E-state index contributed by atoms with van der Waals surface area (Å²) >= 11 is 9.38. The quantitative estimate of drug-likeness (QED) is 0.281. The van der Waals surface area contributed by atoms with E-state index in [0.717, 1.165) is 36.9 Å². The lowest BCUT2D eigenvalue weighted by atomic mass is 9.89. The fourth-order valence-corrected chi connectivity index (χ4v) is 4.89. The lowest BCUT2D eigenvalue weighted by Gasteiger charge is -2.32. The molecule has 3 aromatic carbocycles. The van der Waals surface area contributed by atoms with Crippen molar-refractivity contribution in [2.45, 2.75) is 31.6 Å². The molecule has 0 radical (unpaired) electrons. The van der Waals surface area contributed by atoms with Gasteiger partial charge in [0.25, 0.3) is 11.8 Å². The monoisotopic (exact) mass is 567 g/mol. The Bertz CT molecular complexity index is 1140. The molecule has 0 saturated carbocycles. The van der Waals surface area contributed by atoms with Crippen LogP contribution in [0.4, 0.5) is 5.69 Å². The third-order valence-corrected chi connectivity index (χ3v) is 7.41. The molecule has 0 aliphatic carbocycles. The molecule has 7 heteroatoms. The van der Waals surface area contributed by atoms with Crippen molar-refractivity contribution < 1.29 is 9.59 Å². The van der Waals surface area contributed by atoms with E-state index >= 15 is 0 Å². The lowest BCUT2D eigenvalue weighted by molar-refractivity contribution is 0.0951. The van der Waals surface area contributed by atoms with E-state index in [1.54, 1.807) is 48.5 Å². The molecule has 0 aromatic heterocycles. The zero-order chi connectivity index (χ0) is 25.3. The first-order valence-corrected chi connectivity index (χ1v) is 13.6. The predicted molar refractivity (Wildman–Crippen MR) is 150 cm³/mol. The highest BCUT2D eigenvalue weighted by atomic mass is 79.9. The van der Waals surface area contributed by atoms with Gasteiger partial charge in [-0.1, -0.05) is 39.7 Å². The van der Waals surface area contributed by atoms with Crippen molar-refractivity contribution in [1.29, 1.82) is 0 Å². The Kier molecular flexibility index (Phi) is 9.56. The van der Waals surface area contributed by atoms with Crippen LogP contribution in [0.2, 0.25) is 5.02 Å². The summed E-state index contributed by atoms with van der Waals surface area (Å²) in [6.45, 7) is 4.00. The van der Waals surface area contributed by atoms with Crippen LogP contribution < -0.4 is 10.6 Å². The van der Waals surface area contributed by atoms with E-state index in [1.807, 2.05) is 0 Å². The molecule has 1 aliphatic heterocycles. The van der Waals surface area contributed by atoms with Crippen molar-refractivity contribution in [3.05, 3.63) is 99.0 Å². The summed E-state index contributed by atoms with van der Waals surface area (Å²) in [5, 5.41) is 6.41. The van der Waals surface area contributed by atoms with Crippen molar-refractivity contribution in [2.24, 2.45) is 0 Å². The maximum absolute atomic E-state index is 12.5. The number of unbranched alkanes of at least 4 members (excludes halogenated alkanes) is 1. The molecule has 2 amide bonds. The van der Waals surface area contributed by atoms with Gasteiger partial charge in [-0.15, -0.1) is 0 Å². The van der Waals surface area contributed by atoms with Crippen LogP contribution in [0, 0.1) is 0 Å².